The van der Waals surface area contributed by atoms with E-state index in [9.17, 15) is 9.59 Å². The van der Waals surface area contributed by atoms with E-state index in [4.69, 9.17) is 0 Å². The number of aliphatic imine (C=N–C) groups is 1. The number of ether oxygens (including phenoxy) is 2. The van der Waals surface area contributed by atoms with Gasteiger partial charge in [0.25, 0.3) is 0 Å². The number of nitrogens with zero attached hydrogens (tertiary/aromatic N) is 2. The van der Waals surface area contributed by atoms with Crippen LogP contribution in [0.25, 0.3) is 0 Å². The minimum atomic E-state index is -0.753. The largest absolute Gasteiger partial charge is 1.00 e. The number of hydrogen-bond donors (Lipinski definition) is 2. The Morgan fingerprint density at radius 2 is 1.55 bits per heavy atom. The van der Waals surface area contributed by atoms with Gasteiger partial charge in [0.2, 0.25) is 5.96 Å². The van der Waals surface area contributed by atoms with Gasteiger partial charge in [-0.2, -0.15) is 0 Å². The van der Waals surface area contributed by atoms with Gasteiger partial charge in [0.1, 0.15) is 7.05 Å². The molecule has 1 heterocycles. The van der Waals surface area contributed by atoms with Crippen LogP contribution in [0.4, 0.5) is 15.3 Å². The van der Waals surface area contributed by atoms with Crippen LogP contribution >= 0.6 is 0 Å². The zero-order chi connectivity index (χ0) is 14.3. The quantitative estimate of drug-likeness (QED) is 0.233. The topological polar surface area (TPSA) is 92.9 Å². The van der Waals surface area contributed by atoms with Gasteiger partial charge in [-0.15, -0.1) is 0 Å². The highest BCUT2D eigenvalue weighted by Gasteiger charge is 2.10. The molecule has 8 nitrogen and oxygen atoms in total. The molecular formula is C11H15IN4O4. The van der Waals surface area contributed by atoms with E-state index in [1.165, 1.54) is 14.2 Å². The number of rotatable bonds is 1. The molecule has 0 atom stereocenters. The van der Waals surface area contributed by atoms with E-state index in [2.05, 4.69) is 25.1 Å². The molecule has 2 N–H and O–H groups in total. The third-order valence-electron chi connectivity index (χ3n) is 2.01. The van der Waals surface area contributed by atoms with Crippen LogP contribution in [0.5, 0.6) is 0 Å². The second kappa shape index (κ2) is 9.07. The molecule has 0 bridgehead atoms. The SMILES string of the molecule is COC(=O)NC(=Nc1cc[n+](C)cc1)NC(=O)OC.[I-]. The Bertz CT molecular complexity index is 470. The Morgan fingerprint density at radius 3 is 1.95 bits per heavy atom. The predicted octanol–water partition coefficient (Wildman–Crippen LogP) is -2.79. The number of guanidine groups is 1. The lowest BCUT2D eigenvalue weighted by molar-refractivity contribution is -0.671. The van der Waals surface area contributed by atoms with Crippen LogP contribution < -0.4 is 39.2 Å². The average Bonchev–Trinajstić information content (AvgIpc) is 2.40. The van der Waals surface area contributed by atoms with Crippen LogP contribution in [0.15, 0.2) is 29.5 Å². The van der Waals surface area contributed by atoms with Gasteiger partial charge in [-0.25, -0.2) is 19.1 Å². The third kappa shape index (κ3) is 6.31. The van der Waals surface area contributed by atoms with Crippen LogP contribution in [-0.4, -0.2) is 32.4 Å². The minimum absolute atomic E-state index is 0. The summed E-state index contributed by atoms with van der Waals surface area (Å²) < 4.78 is 10.7. The molecule has 0 saturated carbocycles. The van der Waals surface area contributed by atoms with Gasteiger partial charge in [0, 0.05) is 12.1 Å². The maximum Gasteiger partial charge on any atom is 0.413 e. The lowest BCUT2D eigenvalue weighted by Crippen LogP contribution is -3.00. The molecule has 0 aromatic carbocycles. The molecule has 0 aliphatic heterocycles. The second-order valence-corrected chi connectivity index (χ2v) is 3.42. The van der Waals surface area contributed by atoms with Gasteiger partial charge < -0.3 is 33.5 Å². The van der Waals surface area contributed by atoms with Crippen molar-refractivity contribution in [3.63, 3.8) is 0 Å². The van der Waals surface area contributed by atoms with Crippen molar-refractivity contribution in [2.45, 2.75) is 0 Å². The summed E-state index contributed by atoms with van der Waals surface area (Å²) in [6.45, 7) is 0. The molecule has 1 aromatic heterocycles. The molecule has 0 aliphatic carbocycles. The Kier molecular flexibility index (Phi) is 8.20. The Balaban J connectivity index is 0.00000361. The number of aromatic nitrogens is 1. The predicted molar refractivity (Wildman–Crippen MR) is 65.8 cm³/mol. The third-order valence-corrected chi connectivity index (χ3v) is 2.01. The lowest BCUT2D eigenvalue weighted by atomic mass is 10.4. The van der Waals surface area contributed by atoms with Crippen LogP contribution in [0.2, 0.25) is 0 Å². The Hall–Kier alpha value is -1.91. The number of carbonyl (C=O) groups is 2. The van der Waals surface area contributed by atoms with Crippen LogP contribution in [0.1, 0.15) is 0 Å². The van der Waals surface area contributed by atoms with Gasteiger partial charge in [0.05, 0.1) is 19.9 Å². The number of carbonyl (C=O) groups excluding carboxylic acids is 2. The van der Waals surface area contributed by atoms with E-state index in [0.717, 1.165) is 0 Å². The standard InChI is InChI=1S/C11H14N4O4.HI/c1-15-6-4-8(5-7-15)12-9(13-10(16)18-2)14-11(17)19-3;/h4-7H,1-3H3,(H,13,14,16,17);1H. The fourth-order valence-corrected chi connectivity index (χ4v) is 1.08. The fourth-order valence-electron chi connectivity index (χ4n) is 1.08. The van der Waals surface area contributed by atoms with Gasteiger partial charge in [-0.3, -0.25) is 10.6 Å². The molecular weight excluding hydrogens is 379 g/mol. The van der Waals surface area contributed by atoms with E-state index >= 15 is 0 Å². The summed E-state index contributed by atoms with van der Waals surface area (Å²) in [6, 6.07) is 3.41. The first-order chi connectivity index (χ1) is 9.05. The van der Waals surface area contributed by atoms with Crippen molar-refractivity contribution in [3.8, 4) is 0 Å². The summed E-state index contributed by atoms with van der Waals surface area (Å²) in [5.41, 5.74) is 0.543. The van der Waals surface area contributed by atoms with Crippen molar-refractivity contribution >= 4 is 23.8 Å². The van der Waals surface area contributed by atoms with E-state index in [-0.39, 0.29) is 29.9 Å². The van der Waals surface area contributed by atoms with E-state index in [1.54, 1.807) is 24.5 Å². The fraction of sp³-hybridized carbons (Fsp3) is 0.273. The van der Waals surface area contributed by atoms with E-state index < -0.39 is 12.2 Å². The summed E-state index contributed by atoms with van der Waals surface area (Å²) in [7, 11) is 4.26. The zero-order valence-electron chi connectivity index (χ0n) is 11.2. The number of hydrogen-bond acceptors (Lipinski definition) is 5. The highest BCUT2D eigenvalue weighted by molar-refractivity contribution is 6.02. The van der Waals surface area contributed by atoms with Crippen molar-refractivity contribution in [1.29, 1.82) is 0 Å². The molecule has 0 spiro atoms. The molecule has 1 rings (SSSR count). The number of halogens is 1. The van der Waals surface area contributed by atoms with Crippen molar-refractivity contribution in [1.82, 2.24) is 10.6 Å². The average molecular weight is 394 g/mol. The highest BCUT2D eigenvalue weighted by atomic mass is 127. The minimum Gasteiger partial charge on any atom is -1.00 e. The first kappa shape index (κ1) is 18.1. The summed E-state index contributed by atoms with van der Waals surface area (Å²) >= 11 is 0. The molecule has 9 heteroatoms. The van der Waals surface area contributed by atoms with Crippen molar-refractivity contribution in [2.24, 2.45) is 12.0 Å². The van der Waals surface area contributed by atoms with Gasteiger partial charge in [-0.1, -0.05) is 0 Å². The maximum absolute atomic E-state index is 11.1. The maximum atomic E-state index is 11.1. The Labute approximate surface area is 133 Å². The molecule has 110 valence electrons. The summed E-state index contributed by atoms with van der Waals surface area (Å²) in [5, 5.41) is 4.53. The summed E-state index contributed by atoms with van der Waals surface area (Å²) in [4.78, 5) is 26.3. The molecule has 2 amide bonds. The summed E-state index contributed by atoms with van der Waals surface area (Å²) in [5.74, 6) is -0.0902. The van der Waals surface area contributed by atoms with Gasteiger partial charge in [0.15, 0.2) is 12.4 Å². The molecule has 0 radical (unpaired) electrons. The highest BCUT2D eigenvalue weighted by Crippen LogP contribution is 2.06. The number of amides is 2. The molecule has 0 aliphatic rings. The van der Waals surface area contributed by atoms with Crippen LogP contribution in [-0.2, 0) is 16.5 Å². The first-order valence-corrected chi connectivity index (χ1v) is 5.29. The van der Waals surface area contributed by atoms with Gasteiger partial charge in [-0.05, 0) is 0 Å². The van der Waals surface area contributed by atoms with Crippen molar-refractivity contribution in [2.75, 3.05) is 14.2 Å². The van der Waals surface area contributed by atoms with Crippen molar-refractivity contribution in [3.05, 3.63) is 24.5 Å². The molecule has 0 fully saturated rings. The molecule has 0 saturated heterocycles. The molecule has 20 heavy (non-hydrogen) atoms. The van der Waals surface area contributed by atoms with E-state index in [1.807, 2.05) is 11.6 Å². The monoisotopic (exact) mass is 394 g/mol. The number of nitrogens with one attached hydrogen (secondary N) is 2. The smallest absolute Gasteiger partial charge is 0.413 e. The van der Waals surface area contributed by atoms with Crippen LogP contribution in [0, 0.1) is 0 Å². The number of aryl methyl sites for hydroxylation is 1. The first-order valence-electron chi connectivity index (χ1n) is 5.29. The second-order valence-electron chi connectivity index (χ2n) is 3.42. The van der Waals surface area contributed by atoms with Gasteiger partial charge >= 0.3 is 12.2 Å². The molecule has 0 unspecified atom stereocenters. The zero-order valence-corrected chi connectivity index (χ0v) is 13.4. The lowest BCUT2D eigenvalue weighted by Gasteiger charge is -2.08. The van der Waals surface area contributed by atoms with Crippen molar-refractivity contribution < 1.29 is 47.6 Å². The Morgan fingerprint density at radius 1 is 1.10 bits per heavy atom. The number of pyridine rings is 1. The molecule has 1 aromatic rings. The van der Waals surface area contributed by atoms with Crippen LogP contribution in [0.3, 0.4) is 0 Å². The normalized spacial score (nSPS) is 8.75. The summed E-state index contributed by atoms with van der Waals surface area (Å²) in [6.07, 6.45) is 2.03. The number of alkyl carbamates (subject to hydrolysis) is 2. The van der Waals surface area contributed by atoms with E-state index in [0.29, 0.717) is 5.69 Å². The number of methoxy groups -OCH3 is 2.